The lowest BCUT2D eigenvalue weighted by molar-refractivity contribution is 0.0963. The van der Waals surface area contributed by atoms with E-state index in [1.807, 2.05) is 12.1 Å². The lowest BCUT2D eigenvalue weighted by Gasteiger charge is -2.30. The number of piperazine rings is 1. The Balaban J connectivity index is 2.34. The third-order valence-corrected chi connectivity index (χ3v) is 2.95. The molecule has 0 radical (unpaired) electrons. The van der Waals surface area contributed by atoms with Gasteiger partial charge >= 0.3 is 0 Å². The SMILES string of the molecule is CNC(=O)c1cc(N)ccc1N1CCNCC1. The van der Waals surface area contributed by atoms with Gasteiger partial charge in [-0.3, -0.25) is 4.79 Å². The van der Waals surface area contributed by atoms with E-state index in [2.05, 4.69) is 15.5 Å². The van der Waals surface area contributed by atoms with Crippen molar-refractivity contribution in [3.8, 4) is 0 Å². The maximum Gasteiger partial charge on any atom is 0.253 e. The number of benzene rings is 1. The standard InChI is InChI=1S/C12H18N4O/c1-14-12(17)10-8-9(13)2-3-11(10)16-6-4-15-5-7-16/h2-3,8,15H,4-7,13H2,1H3,(H,14,17). The first-order valence-corrected chi connectivity index (χ1v) is 5.79. The van der Waals surface area contributed by atoms with Crippen molar-refractivity contribution >= 4 is 17.3 Å². The van der Waals surface area contributed by atoms with Gasteiger partial charge in [-0.25, -0.2) is 0 Å². The number of nitrogen functional groups attached to an aromatic ring is 1. The lowest BCUT2D eigenvalue weighted by atomic mass is 10.1. The molecule has 0 spiro atoms. The maximum atomic E-state index is 11.8. The second kappa shape index (κ2) is 5.05. The number of hydrogen-bond acceptors (Lipinski definition) is 4. The van der Waals surface area contributed by atoms with Crippen LogP contribution in [-0.2, 0) is 0 Å². The van der Waals surface area contributed by atoms with Crippen LogP contribution < -0.4 is 21.3 Å². The molecule has 4 N–H and O–H groups in total. The molecule has 0 unspecified atom stereocenters. The Morgan fingerprint density at radius 1 is 1.41 bits per heavy atom. The summed E-state index contributed by atoms with van der Waals surface area (Å²) < 4.78 is 0. The molecule has 92 valence electrons. The minimum absolute atomic E-state index is 0.0918. The van der Waals surface area contributed by atoms with Crippen LogP contribution in [0.15, 0.2) is 18.2 Å². The van der Waals surface area contributed by atoms with Crippen LogP contribution in [0, 0.1) is 0 Å². The molecule has 5 heteroatoms. The van der Waals surface area contributed by atoms with Gasteiger partial charge in [0, 0.05) is 44.6 Å². The van der Waals surface area contributed by atoms with Crippen molar-refractivity contribution in [1.82, 2.24) is 10.6 Å². The number of carbonyl (C=O) groups excluding carboxylic acids is 1. The molecular weight excluding hydrogens is 216 g/mol. The Hall–Kier alpha value is -1.75. The smallest absolute Gasteiger partial charge is 0.253 e. The van der Waals surface area contributed by atoms with E-state index in [1.165, 1.54) is 0 Å². The Labute approximate surface area is 101 Å². The first-order chi connectivity index (χ1) is 8.22. The minimum Gasteiger partial charge on any atom is -0.399 e. The molecule has 1 aromatic rings. The fourth-order valence-electron chi connectivity index (χ4n) is 2.05. The number of nitrogens with two attached hydrogens (primary N) is 1. The maximum absolute atomic E-state index is 11.8. The van der Waals surface area contributed by atoms with Crippen molar-refractivity contribution in [2.24, 2.45) is 0 Å². The van der Waals surface area contributed by atoms with Gasteiger partial charge in [-0.2, -0.15) is 0 Å². The Morgan fingerprint density at radius 2 is 2.12 bits per heavy atom. The molecule has 1 amide bonds. The average Bonchev–Trinajstić information content (AvgIpc) is 2.38. The average molecular weight is 234 g/mol. The molecule has 0 aliphatic carbocycles. The van der Waals surface area contributed by atoms with Crippen LogP contribution in [0.1, 0.15) is 10.4 Å². The zero-order valence-corrected chi connectivity index (χ0v) is 9.99. The molecule has 1 saturated heterocycles. The number of amides is 1. The van der Waals surface area contributed by atoms with Gasteiger partial charge in [-0.05, 0) is 18.2 Å². The molecule has 0 saturated carbocycles. The molecule has 1 fully saturated rings. The minimum atomic E-state index is -0.0918. The van der Waals surface area contributed by atoms with Crippen molar-refractivity contribution in [1.29, 1.82) is 0 Å². The number of nitrogens with one attached hydrogen (secondary N) is 2. The Morgan fingerprint density at radius 3 is 2.76 bits per heavy atom. The highest BCUT2D eigenvalue weighted by Crippen LogP contribution is 2.23. The monoisotopic (exact) mass is 234 g/mol. The number of hydrogen-bond donors (Lipinski definition) is 3. The van der Waals surface area contributed by atoms with Gasteiger partial charge in [0.05, 0.1) is 5.56 Å². The number of anilines is 2. The van der Waals surface area contributed by atoms with Crippen molar-refractivity contribution in [2.45, 2.75) is 0 Å². The quantitative estimate of drug-likeness (QED) is 0.632. The summed E-state index contributed by atoms with van der Waals surface area (Å²) in [5.41, 5.74) is 7.96. The zero-order chi connectivity index (χ0) is 12.3. The first-order valence-electron chi connectivity index (χ1n) is 5.79. The van der Waals surface area contributed by atoms with E-state index in [9.17, 15) is 4.79 Å². The van der Waals surface area contributed by atoms with Crippen LogP contribution in [0.4, 0.5) is 11.4 Å². The van der Waals surface area contributed by atoms with Gasteiger partial charge in [0.25, 0.3) is 5.91 Å². The van der Waals surface area contributed by atoms with E-state index in [0.717, 1.165) is 31.9 Å². The van der Waals surface area contributed by atoms with E-state index >= 15 is 0 Å². The van der Waals surface area contributed by atoms with Crippen LogP contribution in [0.25, 0.3) is 0 Å². The molecular formula is C12H18N4O. The fourth-order valence-corrected chi connectivity index (χ4v) is 2.05. The van der Waals surface area contributed by atoms with Gasteiger partial charge in [0.2, 0.25) is 0 Å². The molecule has 5 nitrogen and oxygen atoms in total. The van der Waals surface area contributed by atoms with Crippen LogP contribution >= 0.6 is 0 Å². The van der Waals surface area contributed by atoms with Gasteiger partial charge in [0.15, 0.2) is 0 Å². The van der Waals surface area contributed by atoms with Crippen molar-refractivity contribution in [3.05, 3.63) is 23.8 Å². The molecule has 0 aromatic heterocycles. The highest BCUT2D eigenvalue weighted by Gasteiger charge is 2.17. The molecule has 1 heterocycles. The number of nitrogens with zero attached hydrogens (tertiary/aromatic N) is 1. The van der Waals surface area contributed by atoms with Crippen LogP contribution in [0.5, 0.6) is 0 Å². The van der Waals surface area contributed by atoms with Gasteiger partial charge < -0.3 is 21.3 Å². The largest absolute Gasteiger partial charge is 0.399 e. The summed E-state index contributed by atoms with van der Waals surface area (Å²) >= 11 is 0. The van der Waals surface area contributed by atoms with Crippen molar-refractivity contribution in [2.75, 3.05) is 43.9 Å². The molecule has 0 atom stereocenters. The number of rotatable bonds is 2. The van der Waals surface area contributed by atoms with Crippen molar-refractivity contribution in [3.63, 3.8) is 0 Å². The Bertz CT molecular complexity index is 413. The van der Waals surface area contributed by atoms with Crippen LogP contribution in [0.3, 0.4) is 0 Å². The second-order valence-electron chi connectivity index (χ2n) is 4.09. The van der Waals surface area contributed by atoms with Crippen molar-refractivity contribution < 1.29 is 4.79 Å². The summed E-state index contributed by atoms with van der Waals surface area (Å²) in [4.78, 5) is 14.0. The second-order valence-corrected chi connectivity index (χ2v) is 4.09. The fraction of sp³-hybridized carbons (Fsp3) is 0.417. The van der Waals surface area contributed by atoms with Crippen LogP contribution in [0.2, 0.25) is 0 Å². The van der Waals surface area contributed by atoms with E-state index < -0.39 is 0 Å². The summed E-state index contributed by atoms with van der Waals surface area (Å²) in [5, 5.41) is 5.94. The highest BCUT2D eigenvalue weighted by atomic mass is 16.1. The van der Waals surface area contributed by atoms with E-state index in [4.69, 9.17) is 5.73 Å². The third kappa shape index (κ3) is 2.50. The van der Waals surface area contributed by atoms with E-state index in [-0.39, 0.29) is 5.91 Å². The summed E-state index contributed by atoms with van der Waals surface area (Å²) in [7, 11) is 1.63. The zero-order valence-electron chi connectivity index (χ0n) is 9.99. The Kier molecular flexibility index (Phi) is 3.49. The van der Waals surface area contributed by atoms with Crippen LogP contribution in [-0.4, -0.2) is 39.1 Å². The lowest BCUT2D eigenvalue weighted by Crippen LogP contribution is -2.44. The molecule has 1 aliphatic rings. The summed E-state index contributed by atoms with van der Waals surface area (Å²) in [5.74, 6) is -0.0918. The third-order valence-electron chi connectivity index (χ3n) is 2.95. The summed E-state index contributed by atoms with van der Waals surface area (Å²) in [6.45, 7) is 3.71. The van der Waals surface area contributed by atoms with E-state index in [0.29, 0.717) is 11.3 Å². The van der Waals surface area contributed by atoms with Gasteiger partial charge in [-0.15, -0.1) is 0 Å². The molecule has 1 aromatic carbocycles. The first kappa shape index (κ1) is 11.7. The molecule has 17 heavy (non-hydrogen) atoms. The normalized spacial score (nSPS) is 15.7. The summed E-state index contributed by atoms with van der Waals surface area (Å²) in [6.07, 6.45) is 0. The predicted octanol–water partition coefficient (Wildman–Crippen LogP) is 0.0380. The van der Waals surface area contributed by atoms with E-state index in [1.54, 1.807) is 13.1 Å². The predicted molar refractivity (Wildman–Crippen MR) is 69.3 cm³/mol. The highest BCUT2D eigenvalue weighted by molar-refractivity contribution is 6.00. The number of carbonyl (C=O) groups is 1. The molecule has 2 rings (SSSR count). The molecule has 1 aliphatic heterocycles. The van der Waals surface area contributed by atoms with Gasteiger partial charge in [-0.1, -0.05) is 0 Å². The van der Waals surface area contributed by atoms with Gasteiger partial charge in [0.1, 0.15) is 0 Å². The summed E-state index contributed by atoms with van der Waals surface area (Å²) in [6, 6.07) is 5.49. The molecule has 0 bridgehead atoms. The topological polar surface area (TPSA) is 70.4 Å².